The van der Waals surface area contributed by atoms with Crippen LogP contribution in [0, 0.1) is 0 Å². The fourth-order valence-electron chi connectivity index (χ4n) is 2.78. The van der Waals surface area contributed by atoms with Gasteiger partial charge in [-0.05, 0) is 48.5 Å². The quantitative estimate of drug-likeness (QED) is 0.526. The minimum Gasteiger partial charge on any atom is -0.463 e. The number of sulfonamides is 1. The number of nitrogens with two attached hydrogens (primary N) is 1. The van der Waals surface area contributed by atoms with Crippen LogP contribution in [0.2, 0.25) is 0 Å². The average molecular weight is 408 g/mol. The van der Waals surface area contributed by atoms with E-state index in [0.717, 1.165) is 0 Å². The van der Waals surface area contributed by atoms with Gasteiger partial charge in [0.15, 0.2) is 5.76 Å². The Labute approximate surface area is 166 Å². The first-order valence-electron chi connectivity index (χ1n) is 8.55. The summed E-state index contributed by atoms with van der Waals surface area (Å²) in [6, 6.07) is 19.9. The summed E-state index contributed by atoms with van der Waals surface area (Å²) >= 11 is 0. The highest BCUT2D eigenvalue weighted by molar-refractivity contribution is 7.89. The van der Waals surface area contributed by atoms with Crippen LogP contribution in [0.25, 0.3) is 17.1 Å². The van der Waals surface area contributed by atoms with Crippen LogP contribution in [0.15, 0.2) is 88.4 Å². The Bertz CT molecular complexity index is 1250. The number of nitrogens with one attached hydrogen (secondary N) is 1. The summed E-state index contributed by atoms with van der Waals surface area (Å²) in [5, 5.41) is 12.3. The van der Waals surface area contributed by atoms with E-state index >= 15 is 0 Å². The van der Waals surface area contributed by atoms with Gasteiger partial charge in [0.2, 0.25) is 10.0 Å². The maximum atomic E-state index is 12.9. The van der Waals surface area contributed by atoms with E-state index in [9.17, 15) is 13.2 Å². The molecule has 0 spiro atoms. The van der Waals surface area contributed by atoms with Crippen LogP contribution in [0.4, 0.5) is 5.69 Å². The lowest BCUT2D eigenvalue weighted by molar-refractivity contribution is 0.101. The highest BCUT2D eigenvalue weighted by atomic mass is 32.2. The molecule has 2 aromatic heterocycles. The predicted molar refractivity (Wildman–Crippen MR) is 107 cm³/mol. The smallest absolute Gasteiger partial charge is 0.274 e. The Morgan fingerprint density at radius 3 is 2.34 bits per heavy atom. The molecular formula is C20H16N4O4S. The Morgan fingerprint density at radius 2 is 1.72 bits per heavy atom. The number of carbonyl (C=O) groups excluding carboxylic acids is 1. The Balaban J connectivity index is 1.69. The number of amides is 1. The van der Waals surface area contributed by atoms with Crippen molar-refractivity contribution in [1.82, 2.24) is 9.78 Å². The molecule has 0 radical (unpaired) electrons. The first-order chi connectivity index (χ1) is 13.9. The van der Waals surface area contributed by atoms with E-state index in [1.165, 1.54) is 35.2 Å². The van der Waals surface area contributed by atoms with E-state index in [2.05, 4.69) is 10.4 Å². The van der Waals surface area contributed by atoms with Crippen molar-refractivity contribution in [2.75, 3.05) is 5.32 Å². The van der Waals surface area contributed by atoms with Crippen molar-refractivity contribution >= 4 is 21.6 Å². The maximum Gasteiger partial charge on any atom is 0.274 e. The number of primary sulfonamides is 1. The molecule has 0 aliphatic rings. The summed E-state index contributed by atoms with van der Waals surface area (Å²) in [5.41, 5.74) is 1.93. The summed E-state index contributed by atoms with van der Waals surface area (Å²) in [7, 11) is -3.80. The van der Waals surface area contributed by atoms with Crippen LogP contribution < -0.4 is 10.5 Å². The normalized spacial score (nSPS) is 11.3. The summed E-state index contributed by atoms with van der Waals surface area (Å²) in [4.78, 5) is 12.9. The number of hydrogen-bond donors (Lipinski definition) is 2. The number of anilines is 1. The van der Waals surface area contributed by atoms with E-state index in [1.807, 2.05) is 30.3 Å². The summed E-state index contributed by atoms with van der Waals surface area (Å²) in [6.07, 6.45) is 1.53. The van der Waals surface area contributed by atoms with Crippen LogP contribution in [0.1, 0.15) is 10.5 Å². The van der Waals surface area contributed by atoms with Gasteiger partial charge in [0.05, 0.1) is 16.8 Å². The van der Waals surface area contributed by atoms with Gasteiger partial charge in [0.25, 0.3) is 5.91 Å². The number of para-hydroxylation sites is 1. The summed E-state index contributed by atoms with van der Waals surface area (Å²) < 4.78 is 29.7. The molecule has 146 valence electrons. The Kier molecular flexibility index (Phi) is 4.75. The van der Waals surface area contributed by atoms with Crippen molar-refractivity contribution in [3.05, 3.63) is 84.8 Å². The van der Waals surface area contributed by atoms with Gasteiger partial charge in [0.1, 0.15) is 11.4 Å². The predicted octanol–water partition coefficient (Wildman–Crippen LogP) is 3.03. The van der Waals surface area contributed by atoms with Crippen LogP contribution in [-0.2, 0) is 10.0 Å². The molecule has 0 aliphatic carbocycles. The van der Waals surface area contributed by atoms with E-state index in [-0.39, 0.29) is 10.6 Å². The fraction of sp³-hybridized carbons (Fsp3) is 0. The highest BCUT2D eigenvalue weighted by Gasteiger charge is 2.19. The number of hydrogen-bond acceptors (Lipinski definition) is 5. The molecule has 0 saturated heterocycles. The molecule has 3 N–H and O–H groups in total. The fourth-order valence-corrected chi connectivity index (χ4v) is 3.29. The lowest BCUT2D eigenvalue weighted by Gasteiger charge is -2.08. The first kappa shape index (κ1) is 18.7. The monoisotopic (exact) mass is 408 g/mol. The zero-order chi connectivity index (χ0) is 20.4. The second-order valence-electron chi connectivity index (χ2n) is 6.16. The van der Waals surface area contributed by atoms with Gasteiger partial charge >= 0.3 is 0 Å². The van der Waals surface area contributed by atoms with Gasteiger partial charge < -0.3 is 9.73 Å². The minimum atomic E-state index is -3.80. The van der Waals surface area contributed by atoms with E-state index in [1.54, 1.807) is 18.2 Å². The van der Waals surface area contributed by atoms with Gasteiger partial charge in [-0.1, -0.05) is 18.2 Å². The number of rotatable bonds is 5. The van der Waals surface area contributed by atoms with Crippen molar-refractivity contribution in [3.8, 4) is 17.1 Å². The van der Waals surface area contributed by atoms with Crippen LogP contribution in [0.3, 0.4) is 0 Å². The second-order valence-corrected chi connectivity index (χ2v) is 7.72. The Morgan fingerprint density at radius 1 is 1.00 bits per heavy atom. The van der Waals surface area contributed by atoms with Crippen molar-refractivity contribution in [3.63, 3.8) is 0 Å². The third-order valence-electron chi connectivity index (χ3n) is 4.16. The van der Waals surface area contributed by atoms with Crippen LogP contribution >= 0.6 is 0 Å². The molecule has 0 bridgehead atoms. The van der Waals surface area contributed by atoms with Gasteiger partial charge in [-0.25, -0.2) is 18.2 Å². The van der Waals surface area contributed by atoms with Crippen LogP contribution in [-0.4, -0.2) is 24.1 Å². The molecular weight excluding hydrogens is 392 g/mol. The standard InChI is InChI=1S/C20H16N4O4S/c21-29(26,27)16-10-8-14(9-11-16)22-20(25)18-13-17(19-7-4-12-28-19)23-24(18)15-5-2-1-3-6-15/h1-13H,(H,22,25)(H2,21,26,27). The summed E-state index contributed by atoms with van der Waals surface area (Å²) in [5.74, 6) is 0.119. The van der Waals surface area contributed by atoms with Crippen molar-refractivity contribution < 1.29 is 17.6 Å². The molecule has 2 heterocycles. The molecule has 0 saturated carbocycles. The zero-order valence-electron chi connectivity index (χ0n) is 15.0. The lowest BCUT2D eigenvalue weighted by atomic mass is 10.2. The van der Waals surface area contributed by atoms with E-state index in [4.69, 9.17) is 9.56 Å². The van der Waals surface area contributed by atoms with Crippen molar-refractivity contribution in [2.45, 2.75) is 4.90 Å². The number of furan rings is 1. The summed E-state index contributed by atoms with van der Waals surface area (Å²) in [6.45, 7) is 0. The molecule has 9 heteroatoms. The lowest BCUT2D eigenvalue weighted by Crippen LogP contribution is -2.17. The maximum absolute atomic E-state index is 12.9. The van der Waals surface area contributed by atoms with E-state index < -0.39 is 15.9 Å². The topological polar surface area (TPSA) is 120 Å². The molecule has 0 unspecified atom stereocenters. The van der Waals surface area contributed by atoms with Crippen LogP contribution in [0.5, 0.6) is 0 Å². The van der Waals surface area contributed by atoms with E-state index in [0.29, 0.717) is 22.8 Å². The van der Waals surface area contributed by atoms with Gasteiger partial charge in [-0.3, -0.25) is 4.79 Å². The third-order valence-corrected chi connectivity index (χ3v) is 5.09. The van der Waals surface area contributed by atoms with Gasteiger partial charge in [-0.15, -0.1) is 0 Å². The first-order valence-corrected chi connectivity index (χ1v) is 10.1. The molecule has 29 heavy (non-hydrogen) atoms. The van der Waals surface area contributed by atoms with Gasteiger partial charge in [0, 0.05) is 11.8 Å². The second kappa shape index (κ2) is 7.38. The number of nitrogens with zero attached hydrogens (tertiary/aromatic N) is 2. The Hall–Kier alpha value is -3.69. The molecule has 2 aromatic carbocycles. The molecule has 1 amide bonds. The van der Waals surface area contributed by atoms with Crippen molar-refractivity contribution in [2.24, 2.45) is 5.14 Å². The highest BCUT2D eigenvalue weighted by Crippen LogP contribution is 2.23. The third kappa shape index (κ3) is 3.96. The SMILES string of the molecule is NS(=O)(=O)c1ccc(NC(=O)c2cc(-c3ccco3)nn2-c2ccccc2)cc1. The van der Waals surface area contributed by atoms with Crippen molar-refractivity contribution in [1.29, 1.82) is 0 Å². The number of benzene rings is 2. The zero-order valence-corrected chi connectivity index (χ0v) is 15.8. The molecule has 4 aromatic rings. The molecule has 8 nitrogen and oxygen atoms in total. The largest absolute Gasteiger partial charge is 0.463 e. The molecule has 4 rings (SSSR count). The molecule has 0 atom stereocenters. The number of carbonyl (C=O) groups is 1. The molecule has 0 aliphatic heterocycles. The minimum absolute atomic E-state index is 0.0371. The average Bonchev–Trinajstić information content (AvgIpc) is 3.38. The number of aromatic nitrogens is 2. The molecule has 0 fully saturated rings. The van der Waals surface area contributed by atoms with Gasteiger partial charge in [-0.2, -0.15) is 5.10 Å².